The number of amides is 1. The van der Waals surface area contributed by atoms with Gasteiger partial charge < -0.3 is 5.32 Å². The Morgan fingerprint density at radius 2 is 2.50 bits per heavy atom. The lowest BCUT2D eigenvalue weighted by molar-refractivity contribution is -0.120. The van der Waals surface area contributed by atoms with Crippen LogP contribution in [-0.4, -0.2) is 25.2 Å². The highest BCUT2D eigenvalue weighted by Gasteiger charge is 1.99. The molecule has 0 unspecified atom stereocenters. The fourth-order valence-electron chi connectivity index (χ4n) is 0.948. The predicted octanol–water partition coefficient (Wildman–Crippen LogP) is -0.669. The van der Waals surface area contributed by atoms with E-state index in [0.717, 1.165) is 5.56 Å². The van der Waals surface area contributed by atoms with Crippen LogP contribution in [0.25, 0.3) is 0 Å². The molecule has 0 bridgehead atoms. The zero-order valence-electron chi connectivity index (χ0n) is 7.08. The lowest BCUT2D eigenvalue weighted by atomic mass is 10.1. The van der Waals surface area contributed by atoms with Gasteiger partial charge in [-0.2, -0.15) is 0 Å². The quantitative estimate of drug-likeness (QED) is 0.599. The molecule has 0 aromatic carbocycles. The van der Waals surface area contributed by atoms with Gasteiger partial charge in [0.1, 0.15) is 7.85 Å². The van der Waals surface area contributed by atoms with Crippen molar-refractivity contribution in [2.24, 2.45) is 0 Å². The van der Waals surface area contributed by atoms with Gasteiger partial charge in [-0.15, -0.1) is 0 Å². The number of pyridine rings is 1. The van der Waals surface area contributed by atoms with Gasteiger partial charge in [-0.25, -0.2) is 0 Å². The Kier molecular flexibility index (Phi) is 3.32. The average molecular weight is 162 g/mol. The lowest BCUT2D eigenvalue weighted by Gasteiger charge is -2.00. The van der Waals surface area contributed by atoms with Crippen LogP contribution in [0.4, 0.5) is 0 Å². The summed E-state index contributed by atoms with van der Waals surface area (Å²) in [6.07, 6.45) is 4.50. The van der Waals surface area contributed by atoms with Crippen LogP contribution in [0.5, 0.6) is 0 Å². The van der Waals surface area contributed by atoms with Crippen LogP contribution in [0, 0.1) is 0 Å². The molecule has 12 heavy (non-hydrogen) atoms. The summed E-state index contributed by atoms with van der Waals surface area (Å²) < 4.78 is 0. The van der Waals surface area contributed by atoms with Crippen LogP contribution in [0.15, 0.2) is 24.5 Å². The minimum Gasteiger partial charge on any atom is -0.364 e. The molecule has 1 aromatic heterocycles. The van der Waals surface area contributed by atoms with Crippen molar-refractivity contribution in [3.63, 3.8) is 0 Å². The molecule has 0 fully saturated rings. The molecule has 1 N–H and O–H groups in total. The van der Waals surface area contributed by atoms with Crippen molar-refractivity contribution in [1.82, 2.24) is 10.3 Å². The van der Waals surface area contributed by atoms with Crippen LogP contribution in [-0.2, 0) is 11.2 Å². The number of hydrogen-bond donors (Lipinski definition) is 1. The minimum absolute atomic E-state index is 0.0468. The van der Waals surface area contributed by atoms with Gasteiger partial charge in [0.2, 0.25) is 5.91 Å². The van der Waals surface area contributed by atoms with Crippen molar-refractivity contribution in [1.29, 1.82) is 0 Å². The van der Waals surface area contributed by atoms with E-state index in [4.69, 9.17) is 0 Å². The standard InChI is InChI=1S/C8H11BN2O/c9-6-11-8(12)4-7-2-1-3-10-5-7/h1-3,5H,4,6,9H2,(H,11,12). The van der Waals surface area contributed by atoms with Crippen molar-refractivity contribution < 1.29 is 4.79 Å². The third-order valence-corrected chi connectivity index (χ3v) is 1.46. The summed E-state index contributed by atoms with van der Waals surface area (Å²) >= 11 is 0. The number of rotatable bonds is 3. The molecule has 0 aliphatic heterocycles. The monoisotopic (exact) mass is 162 g/mol. The number of nitrogens with zero attached hydrogens (tertiary/aromatic N) is 1. The zero-order chi connectivity index (χ0) is 8.81. The molecule has 1 heterocycles. The van der Waals surface area contributed by atoms with E-state index < -0.39 is 0 Å². The highest BCUT2D eigenvalue weighted by molar-refractivity contribution is 6.10. The third kappa shape index (κ3) is 2.74. The van der Waals surface area contributed by atoms with Gasteiger partial charge in [0, 0.05) is 12.4 Å². The number of carbonyl (C=O) groups excluding carboxylic acids is 1. The Balaban J connectivity index is 2.47. The maximum atomic E-state index is 11.1. The number of nitrogens with one attached hydrogen (secondary N) is 1. The van der Waals surface area contributed by atoms with E-state index in [1.807, 2.05) is 20.0 Å². The second-order valence-corrected chi connectivity index (χ2v) is 2.49. The van der Waals surface area contributed by atoms with E-state index in [0.29, 0.717) is 12.9 Å². The Morgan fingerprint density at radius 1 is 1.67 bits per heavy atom. The fraction of sp³-hybridized carbons (Fsp3) is 0.250. The molecule has 0 spiro atoms. The molecular formula is C8H11BN2O. The van der Waals surface area contributed by atoms with Gasteiger partial charge in [-0.1, -0.05) is 6.07 Å². The van der Waals surface area contributed by atoms with Gasteiger partial charge in [-0.3, -0.25) is 9.78 Å². The molecule has 0 aliphatic rings. The molecule has 0 radical (unpaired) electrons. The van der Waals surface area contributed by atoms with Crippen molar-refractivity contribution in [2.75, 3.05) is 6.44 Å². The van der Waals surface area contributed by atoms with Gasteiger partial charge in [0.25, 0.3) is 0 Å². The molecule has 0 aliphatic carbocycles. The van der Waals surface area contributed by atoms with Crippen LogP contribution < -0.4 is 5.32 Å². The molecule has 0 saturated carbocycles. The lowest BCUT2D eigenvalue weighted by Crippen LogP contribution is -2.26. The van der Waals surface area contributed by atoms with Gasteiger partial charge in [0.15, 0.2) is 0 Å². The Bertz CT molecular complexity index is 250. The second-order valence-electron chi connectivity index (χ2n) is 2.49. The molecule has 1 aromatic rings. The maximum Gasteiger partial charge on any atom is 0.223 e. The van der Waals surface area contributed by atoms with E-state index >= 15 is 0 Å². The summed E-state index contributed by atoms with van der Waals surface area (Å²) in [7, 11) is 1.90. The first kappa shape index (κ1) is 8.78. The second kappa shape index (κ2) is 4.54. The molecule has 4 heteroatoms. The van der Waals surface area contributed by atoms with E-state index in [1.165, 1.54) is 0 Å². The summed E-state index contributed by atoms with van der Waals surface area (Å²) in [6, 6.07) is 3.72. The number of carbonyl (C=O) groups is 1. The van der Waals surface area contributed by atoms with Crippen molar-refractivity contribution in [2.45, 2.75) is 6.42 Å². The van der Waals surface area contributed by atoms with Crippen LogP contribution in [0.3, 0.4) is 0 Å². The van der Waals surface area contributed by atoms with E-state index in [1.54, 1.807) is 12.4 Å². The fourth-order valence-corrected chi connectivity index (χ4v) is 0.948. The smallest absolute Gasteiger partial charge is 0.223 e. The van der Waals surface area contributed by atoms with E-state index in [2.05, 4.69) is 10.3 Å². The predicted molar refractivity (Wildman–Crippen MR) is 49.5 cm³/mol. The summed E-state index contributed by atoms with van der Waals surface area (Å²) in [5.74, 6) is 0.0468. The van der Waals surface area contributed by atoms with E-state index in [9.17, 15) is 4.79 Å². The largest absolute Gasteiger partial charge is 0.364 e. The summed E-state index contributed by atoms with van der Waals surface area (Å²) in [4.78, 5) is 15.0. The van der Waals surface area contributed by atoms with E-state index in [-0.39, 0.29) is 5.91 Å². The van der Waals surface area contributed by atoms with Gasteiger partial charge >= 0.3 is 0 Å². The molecule has 0 saturated heterocycles. The van der Waals surface area contributed by atoms with Crippen molar-refractivity contribution in [3.05, 3.63) is 30.1 Å². The summed E-state index contributed by atoms with van der Waals surface area (Å²) in [5, 5.41) is 2.73. The topological polar surface area (TPSA) is 42.0 Å². The number of aromatic nitrogens is 1. The Labute approximate surface area is 72.6 Å². The molecular weight excluding hydrogens is 151 g/mol. The first-order valence-corrected chi connectivity index (χ1v) is 3.98. The third-order valence-electron chi connectivity index (χ3n) is 1.46. The first-order valence-electron chi connectivity index (χ1n) is 3.98. The molecule has 0 atom stereocenters. The highest BCUT2D eigenvalue weighted by Crippen LogP contribution is 1.95. The molecule has 1 rings (SSSR count). The first-order chi connectivity index (χ1) is 5.83. The zero-order valence-corrected chi connectivity index (χ0v) is 7.08. The normalized spacial score (nSPS) is 9.33. The molecule has 62 valence electrons. The van der Waals surface area contributed by atoms with Crippen LogP contribution >= 0.6 is 0 Å². The SMILES string of the molecule is BCNC(=O)Cc1cccnc1. The van der Waals surface area contributed by atoms with Gasteiger partial charge in [-0.05, 0) is 18.1 Å². The van der Waals surface area contributed by atoms with Crippen LogP contribution in [0.2, 0.25) is 0 Å². The Hall–Kier alpha value is -1.32. The Morgan fingerprint density at radius 3 is 3.08 bits per heavy atom. The highest BCUT2D eigenvalue weighted by atomic mass is 16.1. The van der Waals surface area contributed by atoms with Crippen molar-refractivity contribution >= 4 is 13.8 Å². The van der Waals surface area contributed by atoms with Crippen LogP contribution in [0.1, 0.15) is 5.56 Å². The molecule has 3 nitrogen and oxygen atoms in total. The molecule has 1 amide bonds. The summed E-state index contributed by atoms with van der Waals surface area (Å²) in [6.45, 7) is 0. The summed E-state index contributed by atoms with van der Waals surface area (Å²) in [5.41, 5.74) is 0.948. The number of hydrogen-bond acceptors (Lipinski definition) is 2. The maximum absolute atomic E-state index is 11.1. The van der Waals surface area contributed by atoms with Crippen molar-refractivity contribution in [3.8, 4) is 0 Å². The average Bonchev–Trinajstić information content (AvgIpc) is 2.06. The van der Waals surface area contributed by atoms with Gasteiger partial charge in [0.05, 0.1) is 6.42 Å². The minimum atomic E-state index is 0.0468.